The minimum atomic E-state index is -0.493. The van der Waals surface area contributed by atoms with Crippen LogP contribution in [0, 0.1) is 0 Å². The molecule has 0 bridgehead atoms. The molecule has 1 aliphatic rings. The summed E-state index contributed by atoms with van der Waals surface area (Å²) in [6.07, 6.45) is 0. The van der Waals surface area contributed by atoms with Crippen molar-refractivity contribution in [2.75, 3.05) is 4.90 Å². The Kier molecular flexibility index (Phi) is 2.42. The highest BCUT2D eigenvalue weighted by Gasteiger charge is 2.36. The Morgan fingerprint density at radius 2 is 1.33 bits per heavy atom. The van der Waals surface area contributed by atoms with Crippen molar-refractivity contribution in [1.29, 1.82) is 0 Å². The van der Waals surface area contributed by atoms with Crippen LogP contribution in [0.2, 0.25) is 0 Å². The van der Waals surface area contributed by atoms with E-state index in [1.807, 2.05) is 48.5 Å². The second-order valence-corrected chi connectivity index (χ2v) is 4.99. The molecule has 1 aliphatic heterocycles. The zero-order valence-electron chi connectivity index (χ0n) is 11.1. The summed E-state index contributed by atoms with van der Waals surface area (Å²) in [4.78, 5) is 26.0. The van der Waals surface area contributed by atoms with Gasteiger partial charge in [-0.25, -0.2) is 0 Å². The number of hydrogen-bond donors (Lipinski definition) is 0. The maximum Gasteiger partial charge on any atom is 0.304 e. The van der Waals surface area contributed by atoms with Crippen LogP contribution in [-0.2, 0) is 4.79 Å². The Hall–Kier alpha value is -2.94. The Morgan fingerprint density at radius 1 is 0.667 bits per heavy atom. The van der Waals surface area contributed by atoms with Gasteiger partial charge >= 0.3 is 5.91 Å². The van der Waals surface area contributed by atoms with Crippen LogP contribution < -0.4 is 4.90 Å². The Morgan fingerprint density at radius 3 is 2.24 bits per heavy atom. The molecular weight excluding hydrogens is 262 g/mol. The molecule has 3 heteroatoms. The third-order valence-corrected chi connectivity index (χ3v) is 3.79. The molecule has 0 saturated carbocycles. The smallest absolute Gasteiger partial charge is 0.283 e. The number of nitrogens with zero attached hydrogens (tertiary/aromatic N) is 1. The number of fused-ring (bicyclic) bond motifs is 2. The number of benzene rings is 3. The number of carbonyl (C=O) groups excluding carboxylic acids is 2. The van der Waals surface area contributed by atoms with Gasteiger partial charge in [0.1, 0.15) is 0 Å². The molecule has 3 aromatic rings. The van der Waals surface area contributed by atoms with Crippen LogP contribution in [0.3, 0.4) is 0 Å². The quantitative estimate of drug-likeness (QED) is 0.634. The van der Waals surface area contributed by atoms with Crippen molar-refractivity contribution in [1.82, 2.24) is 0 Å². The van der Waals surface area contributed by atoms with Crippen molar-refractivity contribution in [3.63, 3.8) is 0 Å². The number of rotatable bonds is 1. The number of hydrogen-bond acceptors (Lipinski definition) is 2. The standard InChI is InChI=1S/C18H11NO2/c20-17-14-9-3-4-10-16(14)19(18(17)21)15-11-5-7-12-6-1-2-8-13(12)15/h1-11H. The molecule has 3 aromatic carbocycles. The normalized spacial score (nSPS) is 13.8. The summed E-state index contributed by atoms with van der Waals surface area (Å²) in [5.41, 5.74) is 1.87. The number of anilines is 2. The van der Waals surface area contributed by atoms with E-state index in [4.69, 9.17) is 0 Å². The third kappa shape index (κ3) is 1.61. The molecule has 0 aromatic heterocycles. The first-order valence-corrected chi connectivity index (χ1v) is 6.73. The molecule has 0 fully saturated rings. The lowest BCUT2D eigenvalue weighted by molar-refractivity contribution is -0.113. The van der Waals surface area contributed by atoms with E-state index in [2.05, 4.69) is 0 Å². The van der Waals surface area contributed by atoms with Gasteiger partial charge in [-0.05, 0) is 23.6 Å². The molecule has 0 saturated heterocycles. The average Bonchev–Trinajstić information content (AvgIpc) is 2.79. The summed E-state index contributed by atoms with van der Waals surface area (Å²) in [5, 5.41) is 2.00. The second-order valence-electron chi connectivity index (χ2n) is 4.99. The lowest BCUT2D eigenvalue weighted by Crippen LogP contribution is -2.24. The van der Waals surface area contributed by atoms with Gasteiger partial charge < -0.3 is 0 Å². The average molecular weight is 273 g/mol. The molecule has 4 rings (SSSR count). The first-order valence-electron chi connectivity index (χ1n) is 6.73. The fourth-order valence-corrected chi connectivity index (χ4v) is 2.83. The zero-order valence-corrected chi connectivity index (χ0v) is 11.1. The fourth-order valence-electron chi connectivity index (χ4n) is 2.83. The predicted molar refractivity (Wildman–Crippen MR) is 81.9 cm³/mol. The molecule has 21 heavy (non-hydrogen) atoms. The van der Waals surface area contributed by atoms with E-state index in [1.165, 1.54) is 4.90 Å². The van der Waals surface area contributed by atoms with Crippen LogP contribution in [0.5, 0.6) is 0 Å². The van der Waals surface area contributed by atoms with E-state index in [9.17, 15) is 9.59 Å². The highest BCUT2D eigenvalue weighted by Crippen LogP contribution is 2.38. The number of Topliss-reactive ketones (excluding diaryl/α,β-unsaturated/α-hetero) is 1. The van der Waals surface area contributed by atoms with Gasteiger partial charge in [-0.3, -0.25) is 14.5 Å². The zero-order chi connectivity index (χ0) is 14.4. The maximum absolute atomic E-state index is 12.4. The highest BCUT2D eigenvalue weighted by atomic mass is 16.2. The van der Waals surface area contributed by atoms with E-state index < -0.39 is 11.7 Å². The van der Waals surface area contributed by atoms with E-state index in [0.29, 0.717) is 11.3 Å². The lowest BCUT2D eigenvalue weighted by atomic mass is 10.1. The number of para-hydroxylation sites is 1. The summed E-state index contributed by atoms with van der Waals surface area (Å²) in [7, 11) is 0. The van der Waals surface area contributed by atoms with Crippen molar-refractivity contribution in [2.24, 2.45) is 0 Å². The molecule has 0 radical (unpaired) electrons. The molecule has 0 atom stereocenters. The summed E-state index contributed by atoms with van der Waals surface area (Å²) in [6.45, 7) is 0. The van der Waals surface area contributed by atoms with Crippen molar-refractivity contribution >= 4 is 33.8 Å². The molecule has 100 valence electrons. The van der Waals surface area contributed by atoms with Crippen molar-refractivity contribution in [2.45, 2.75) is 0 Å². The molecular formula is C18H11NO2. The van der Waals surface area contributed by atoms with E-state index >= 15 is 0 Å². The Bertz CT molecular complexity index is 893. The van der Waals surface area contributed by atoms with Gasteiger partial charge in [-0.2, -0.15) is 0 Å². The fraction of sp³-hybridized carbons (Fsp3) is 0. The van der Waals surface area contributed by atoms with E-state index in [0.717, 1.165) is 16.5 Å². The first-order chi connectivity index (χ1) is 10.3. The van der Waals surface area contributed by atoms with Gasteiger partial charge in [-0.15, -0.1) is 0 Å². The van der Waals surface area contributed by atoms with Crippen LogP contribution in [0.4, 0.5) is 11.4 Å². The summed E-state index contributed by atoms with van der Waals surface area (Å²) in [6, 6.07) is 20.7. The molecule has 0 aliphatic carbocycles. The Labute approximate surface area is 121 Å². The largest absolute Gasteiger partial charge is 0.304 e. The lowest BCUT2D eigenvalue weighted by Gasteiger charge is -2.18. The van der Waals surface area contributed by atoms with Crippen molar-refractivity contribution in [3.05, 3.63) is 72.3 Å². The number of ketones is 1. The van der Waals surface area contributed by atoms with Gasteiger partial charge in [0.15, 0.2) is 0 Å². The van der Waals surface area contributed by atoms with Crippen molar-refractivity contribution < 1.29 is 9.59 Å². The number of amides is 1. The molecule has 0 spiro atoms. The van der Waals surface area contributed by atoms with E-state index in [-0.39, 0.29) is 0 Å². The first kappa shape index (κ1) is 11.9. The van der Waals surface area contributed by atoms with Gasteiger partial charge in [-0.1, -0.05) is 48.5 Å². The summed E-state index contributed by atoms with van der Waals surface area (Å²) in [5.74, 6) is -0.939. The minimum Gasteiger partial charge on any atom is -0.283 e. The van der Waals surface area contributed by atoms with Gasteiger partial charge in [0.2, 0.25) is 0 Å². The van der Waals surface area contributed by atoms with E-state index in [1.54, 1.807) is 18.2 Å². The topological polar surface area (TPSA) is 37.4 Å². The van der Waals surface area contributed by atoms with Crippen LogP contribution in [-0.4, -0.2) is 11.7 Å². The van der Waals surface area contributed by atoms with Gasteiger partial charge in [0.25, 0.3) is 5.78 Å². The second kappa shape index (κ2) is 4.28. The summed E-state index contributed by atoms with van der Waals surface area (Å²) >= 11 is 0. The number of carbonyl (C=O) groups is 2. The molecule has 0 N–H and O–H groups in total. The van der Waals surface area contributed by atoms with Gasteiger partial charge in [0, 0.05) is 5.39 Å². The van der Waals surface area contributed by atoms with Crippen molar-refractivity contribution in [3.8, 4) is 0 Å². The van der Waals surface area contributed by atoms with Crippen LogP contribution >= 0.6 is 0 Å². The molecule has 0 unspecified atom stereocenters. The third-order valence-electron chi connectivity index (χ3n) is 3.79. The monoisotopic (exact) mass is 273 g/mol. The van der Waals surface area contributed by atoms with Crippen LogP contribution in [0.15, 0.2) is 66.7 Å². The Balaban J connectivity index is 2.02. The minimum absolute atomic E-state index is 0.446. The molecule has 1 amide bonds. The molecule has 3 nitrogen and oxygen atoms in total. The van der Waals surface area contributed by atoms with Crippen LogP contribution in [0.25, 0.3) is 10.8 Å². The predicted octanol–water partition coefficient (Wildman–Crippen LogP) is 3.70. The summed E-state index contributed by atoms with van der Waals surface area (Å²) < 4.78 is 0. The highest BCUT2D eigenvalue weighted by molar-refractivity contribution is 6.54. The SMILES string of the molecule is O=C1C(=O)N(c2cccc3ccccc23)c2ccccc21. The maximum atomic E-state index is 12.4. The van der Waals surface area contributed by atoms with Gasteiger partial charge in [0.05, 0.1) is 16.9 Å². The van der Waals surface area contributed by atoms with Crippen LogP contribution in [0.1, 0.15) is 10.4 Å². The molecule has 1 heterocycles.